The number of halogens is 1. The summed E-state index contributed by atoms with van der Waals surface area (Å²) in [5.74, 6) is 0. The van der Waals surface area contributed by atoms with Gasteiger partial charge >= 0.3 is 0 Å². The Balaban J connectivity index is 1.91. The second-order valence-electron chi connectivity index (χ2n) is 5.16. The Morgan fingerprint density at radius 1 is 0.714 bits per heavy atom. The minimum absolute atomic E-state index is 0.843. The zero-order valence-electron chi connectivity index (χ0n) is 11.3. The third-order valence-corrected chi connectivity index (χ3v) is 5.46. The number of hydrogen-bond acceptors (Lipinski definition) is 1. The summed E-state index contributed by atoms with van der Waals surface area (Å²) < 4.78 is 2.72. The molecule has 2 heteroatoms. The maximum atomic E-state index is 6.31. The highest BCUT2D eigenvalue weighted by Crippen LogP contribution is 2.36. The Kier molecular flexibility index (Phi) is 3.17. The van der Waals surface area contributed by atoms with E-state index in [1.165, 1.54) is 31.3 Å². The third kappa shape index (κ3) is 2.23. The van der Waals surface area contributed by atoms with Crippen molar-refractivity contribution in [2.45, 2.75) is 6.42 Å². The summed E-state index contributed by atoms with van der Waals surface area (Å²) in [6.07, 6.45) is 0.879. The molecule has 0 unspecified atom stereocenters. The quantitative estimate of drug-likeness (QED) is 0.407. The summed E-state index contributed by atoms with van der Waals surface area (Å²) in [5.41, 5.74) is 2.53. The van der Waals surface area contributed by atoms with Crippen molar-refractivity contribution in [1.82, 2.24) is 0 Å². The topological polar surface area (TPSA) is 0 Å². The van der Waals surface area contributed by atoms with E-state index in [0.717, 1.165) is 11.4 Å². The Hall–Kier alpha value is -1.83. The molecule has 0 atom stereocenters. The maximum Gasteiger partial charge on any atom is 0.0441 e. The lowest BCUT2D eigenvalue weighted by Crippen LogP contribution is -1.89. The minimum Gasteiger partial charge on any atom is -0.135 e. The highest BCUT2D eigenvalue weighted by Gasteiger charge is 2.09. The molecule has 0 bridgehead atoms. The van der Waals surface area contributed by atoms with E-state index in [2.05, 4.69) is 48.5 Å². The minimum atomic E-state index is 0.843. The molecule has 102 valence electrons. The fourth-order valence-corrected chi connectivity index (χ4v) is 4.21. The van der Waals surface area contributed by atoms with E-state index < -0.39 is 0 Å². The van der Waals surface area contributed by atoms with Crippen molar-refractivity contribution in [1.29, 1.82) is 0 Å². The summed E-state index contributed by atoms with van der Waals surface area (Å²) in [7, 11) is 0. The molecule has 0 spiro atoms. The van der Waals surface area contributed by atoms with E-state index in [0.29, 0.717) is 0 Å². The summed E-state index contributed by atoms with van der Waals surface area (Å²) in [6, 6.07) is 23.3. The molecule has 0 N–H and O–H groups in total. The largest absolute Gasteiger partial charge is 0.135 e. The van der Waals surface area contributed by atoms with Gasteiger partial charge in [0.25, 0.3) is 0 Å². The SMILES string of the molecule is Clc1ccccc1Cc1cccc2c1sc1ccccc12. The molecule has 0 aliphatic rings. The van der Waals surface area contributed by atoms with Crippen molar-refractivity contribution >= 4 is 43.1 Å². The number of hydrogen-bond donors (Lipinski definition) is 0. The molecule has 0 radical (unpaired) electrons. The number of benzene rings is 3. The molecule has 1 heterocycles. The van der Waals surface area contributed by atoms with Gasteiger partial charge in [-0.1, -0.05) is 66.2 Å². The zero-order valence-corrected chi connectivity index (χ0v) is 12.9. The van der Waals surface area contributed by atoms with Gasteiger partial charge in [0.1, 0.15) is 0 Å². The lowest BCUT2D eigenvalue weighted by Gasteiger charge is -2.05. The first kappa shape index (κ1) is 12.9. The van der Waals surface area contributed by atoms with Gasteiger partial charge in [-0.05, 0) is 23.3 Å². The number of fused-ring (bicyclic) bond motifs is 3. The highest BCUT2D eigenvalue weighted by molar-refractivity contribution is 7.26. The Morgan fingerprint density at radius 2 is 1.43 bits per heavy atom. The van der Waals surface area contributed by atoms with E-state index in [4.69, 9.17) is 11.6 Å². The van der Waals surface area contributed by atoms with E-state index in [1.807, 2.05) is 29.5 Å². The molecule has 0 fully saturated rings. The van der Waals surface area contributed by atoms with Crippen molar-refractivity contribution in [2.75, 3.05) is 0 Å². The van der Waals surface area contributed by atoms with Gasteiger partial charge in [0.2, 0.25) is 0 Å². The summed E-state index contributed by atoms with van der Waals surface area (Å²) in [6.45, 7) is 0. The Bertz CT molecular complexity index is 937. The van der Waals surface area contributed by atoms with Crippen LogP contribution in [0, 0.1) is 0 Å². The van der Waals surface area contributed by atoms with Crippen LogP contribution in [0.1, 0.15) is 11.1 Å². The van der Waals surface area contributed by atoms with Crippen LogP contribution in [0.2, 0.25) is 5.02 Å². The monoisotopic (exact) mass is 308 g/mol. The lowest BCUT2D eigenvalue weighted by molar-refractivity contribution is 1.22. The molecule has 4 aromatic rings. The molecule has 0 amide bonds. The van der Waals surface area contributed by atoms with Gasteiger partial charge in [-0.25, -0.2) is 0 Å². The molecule has 1 aromatic heterocycles. The van der Waals surface area contributed by atoms with Crippen LogP contribution in [0.15, 0.2) is 66.7 Å². The van der Waals surface area contributed by atoms with Crippen LogP contribution in [-0.2, 0) is 6.42 Å². The fourth-order valence-electron chi connectivity index (χ4n) is 2.79. The van der Waals surface area contributed by atoms with E-state index in [1.54, 1.807) is 0 Å². The molecule has 0 nitrogen and oxygen atoms in total. The van der Waals surface area contributed by atoms with Gasteiger partial charge < -0.3 is 0 Å². The Labute approximate surface area is 132 Å². The van der Waals surface area contributed by atoms with Gasteiger partial charge in [0, 0.05) is 31.6 Å². The number of rotatable bonds is 2. The van der Waals surface area contributed by atoms with Crippen molar-refractivity contribution in [2.24, 2.45) is 0 Å². The van der Waals surface area contributed by atoms with Crippen LogP contribution < -0.4 is 0 Å². The lowest BCUT2D eigenvalue weighted by atomic mass is 10.0. The summed E-state index contributed by atoms with van der Waals surface area (Å²) in [4.78, 5) is 0. The fraction of sp³-hybridized carbons (Fsp3) is 0.0526. The molecule has 4 rings (SSSR count). The molecule has 0 saturated heterocycles. The molecule has 0 saturated carbocycles. The van der Waals surface area contributed by atoms with E-state index in [9.17, 15) is 0 Å². The van der Waals surface area contributed by atoms with E-state index in [-0.39, 0.29) is 0 Å². The van der Waals surface area contributed by atoms with Crippen molar-refractivity contribution < 1.29 is 0 Å². The average molecular weight is 309 g/mol. The predicted octanol–water partition coefficient (Wildman–Crippen LogP) is 6.30. The number of thiophene rings is 1. The maximum absolute atomic E-state index is 6.31. The predicted molar refractivity (Wildman–Crippen MR) is 93.6 cm³/mol. The van der Waals surface area contributed by atoms with Crippen LogP contribution in [-0.4, -0.2) is 0 Å². The van der Waals surface area contributed by atoms with Gasteiger partial charge in [-0.2, -0.15) is 0 Å². The normalized spacial score (nSPS) is 11.3. The molecule has 0 aliphatic carbocycles. The van der Waals surface area contributed by atoms with Crippen LogP contribution in [0.3, 0.4) is 0 Å². The summed E-state index contributed by atoms with van der Waals surface area (Å²) >= 11 is 8.18. The van der Waals surface area contributed by atoms with E-state index >= 15 is 0 Å². The molecular weight excluding hydrogens is 296 g/mol. The summed E-state index contributed by atoms with van der Waals surface area (Å²) in [5, 5.41) is 3.54. The smallest absolute Gasteiger partial charge is 0.0441 e. The second kappa shape index (κ2) is 5.18. The zero-order chi connectivity index (χ0) is 14.2. The highest BCUT2D eigenvalue weighted by atomic mass is 35.5. The Morgan fingerprint density at radius 3 is 2.33 bits per heavy atom. The first-order valence-electron chi connectivity index (χ1n) is 6.95. The standard InChI is InChI=1S/C19H13ClS/c20-17-10-3-1-6-13(17)12-14-7-5-9-16-15-8-2-4-11-18(15)21-19(14)16/h1-11H,12H2. The first-order chi connectivity index (χ1) is 10.3. The molecule has 21 heavy (non-hydrogen) atoms. The van der Waals surface area contributed by atoms with Crippen LogP contribution in [0.4, 0.5) is 0 Å². The average Bonchev–Trinajstić information content (AvgIpc) is 2.89. The van der Waals surface area contributed by atoms with Crippen LogP contribution in [0.25, 0.3) is 20.2 Å². The van der Waals surface area contributed by atoms with Gasteiger partial charge in [0.15, 0.2) is 0 Å². The first-order valence-corrected chi connectivity index (χ1v) is 8.15. The third-order valence-electron chi connectivity index (χ3n) is 3.82. The van der Waals surface area contributed by atoms with Crippen molar-refractivity contribution in [3.05, 3.63) is 82.9 Å². The second-order valence-corrected chi connectivity index (χ2v) is 6.62. The molecule has 0 aliphatic heterocycles. The van der Waals surface area contributed by atoms with Crippen LogP contribution in [0.5, 0.6) is 0 Å². The van der Waals surface area contributed by atoms with Crippen molar-refractivity contribution in [3.63, 3.8) is 0 Å². The van der Waals surface area contributed by atoms with Crippen LogP contribution >= 0.6 is 22.9 Å². The molecule has 3 aromatic carbocycles. The molecular formula is C19H13ClS. The van der Waals surface area contributed by atoms with Gasteiger partial charge in [-0.3, -0.25) is 0 Å². The van der Waals surface area contributed by atoms with Gasteiger partial charge in [-0.15, -0.1) is 11.3 Å². The van der Waals surface area contributed by atoms with Gasteiger partial charge in [0.05, 0.1) is 0 Å². The van der Waals surface area contributed by atoms with Crippen molar-refractivity contribution in [3.8, 4) is 0 Å².